The van der Waals surface area contributed by atoms with E-state index in [1.165, 1.54) is 22.3 Å². The van der Waals surface area contributed by atoms with Crippen molar-refractivity contribution in [2.45, 2.75) is 40.5 Å². The second-order valence-electron chi connectivity index (χ2n) is 10.8. The van der Waals surface area contributed by atoms with Crippen LogP contribution in [0.15, 0.2) is 97.1 Å². The Morgan fingerprint density at radius 3 is 0.738 bits per heavy atom. The van der Waals surface area contributed by atoms with Crippen molar-refractivity contribution in [1.29, 1.82) is 0 Å². The summed E-state index contributed by atoms with van der Waals surface area (Å²) in [5, 5.41) is 0. The van der Waals surface area contributed by atoms with Crippen molar-refractivity contribution < 1.29 is 0 Å². The number of nitrogens with zero attached hydrogens (tertiary/aromatic N) is 6. The second-order valence-corrected chi connectivity index (χ2v) is 10.8. The Morgan fingerprint density at radius 1 is 0.310 bits per heavy atom. The molecular formula is C36H32N6. The van der Waals surface area contributed by atoms with Crippen molar-refractivity contribution in [3.8, 4) is 45.6 Å². The summed E-state index contributed by atoms with van der Waals surface area (Å²) in [5.41, 5.74) is 8.60. The van der Waals surface area contributed by atoms with Crippen molar-refractivity contribution in [1.82, 2.24) is 29.9 Å². The predicted molar refractivity (Wildman–Crippen MR) is 168 cm³/mol. The first-order valence-corrected chi connectivity index (χ1v) is 14.2. The minimum absolute atomic E-state index is 0.560. The maximum atomic E-state index is 4.88. The Kier molecular flexibility index (Phi) is 7.60. The van der Waals surface area contributed by atoms with E-state index in [0.29, 0.717) is 47.8 Å². The molecule has 0 unspecified atom stereocenters. The lowest BCUT2D eigenvalue weighted by Crippen LogP contribution is -2.08. The van der Waals surface area contributed by atoms with E-state index in [2.05, 4.69) is 125 Å². The number of benzene rings is 4. The molecule has 6 nitrogen and oxygen atoms in total. The fourth-order valence-corrected chi connectivity index (χ4v) is 4.61. The maximum Gasteiger partial charge on any atom is 0.163 e. The van der Waals surface area contributed by atoms with Gasteiger partial charge in [0, 0.05) is 35.1 Å². The van der Waals surface area contributed by atoms with Gasteiger partial charge in [0.25, 0.3) is 0 Å². The zero-order valence-electron chi connectivity index (χ0n) is 24.3. The van der Waals surface area contributed by atoms with Gasteiger partial charge in [0.2, 0.25) is 0 Å². The first kappa shape index (κ1) is 27.1. The normalized spacial score (nSPS) is 11.0. The maximum absolute atomic E-state index is 4.88. The number of hydrogen-bond donors (Lipinski definition) is 0. The third kappa shape index (κ3) is 6.28. The minimum atomic E-state index is 0.560. The molecule has 42 heavy (non-hydrogen) atoms. The Labute approximate surface area is 246 Å². The van der Waals surface area contributed by atoms with Gasteiger partial charge in [0.15, 0.2) is 23.3 Å². The van der Waals surface area contributed by atoms with E-state index in [-0.39, 0.29) is 0 Å². The van der Waals surface area contributed by atoms with Gasteiger partial charge in [-0.3, -0.25) is 0 Å². The summed E-state index contributed by atoms with van der Waals surface area (Å²) < 4.78 is 0. The molecule has 0 saturated heterocycles. The van der Waals surface area contributed by atoms with Crippen molar-refractivity contribution in [2.24, 2.45) is 0 Å². The molecule has 6 rings (SSSR count). The van der Waals surface area contributed by atoms with Crippen molar-refractivity contribution in [2.75, 3.05) is 0 Å². The van der Waals surface area contributed by atoms with Crippen LogP contribution in [0.1, 0.15) is 33.9 Å². The third-order valence-electron chi connectivity index (χ3n) is 7.17. The van der Waals surface area contributed by atoms with Crippen molar-refractivity contribution in [3.63, 3.8) is 0 Å². The molecular weight excluding hydrogens is 516 g/mol. The van der Waals surface area contributed by atoms with Gasteiger partial charge >= 0.3 is 0 Å². The highest BCUT2D eigenvalue weighted by molar-refractivity contribution is 5.63. The van der Waals surface area contributed by atoms with Crippen LogP contribution in [-0.2, 0) is 12.8 Å². The number of hydrogen-bond acceptors (Lipinski definition) is 6. The van der Waals surface area contributed by atoms with Crippen LogP contribution in [0.2, 0.25) is 0 Å². The summed E-state index contributed by atoms with van der Waals surface area (Å²) in [6.07, 6.45) is 1.12. The van der Waals surface area contributed by atoms with E-state index < -0.39 is 0 Å². The molecule has 206 valence electrons. The first-order chi connectivity index (χ1) is 20.4. The average molecular weight is 549 g/mol. The number of rotatable bonds is 7. The lowest BCUT2D eigenvalue weighted by atomic mass is 10.1. The van der Waals surface area contributed by atoms with Crippen LogP contribution in [0.25, 0.3) is 45.6 Å². The highest BCUT2D eigenvalue weighted by atomic mass is 15.0. The largest absolute Gasteiger partial charge is 0.213 e. The zero-order chi connectivity index (χ0) is 29.1. The van der Waals surface area contributed by atoms with E-state index in [9.17, 15) is 0 Å². The van der Waals surface area contributed by atoms with Gasteiger partial charge in [-0.1, -0.05) is 119 Å². The van der Waals surface area contributed by atoms with E-state index in [4.69, 9.17) is 29.9 Å². The molecule has 2 heterocycles. The lowest BCUT2D eigenvalue weighted by Gasteiger charge is -2.10. The molecule has 0 spiro atoms. The zero-order valence-corrected chi connectivity index (χ0v) is 24.3. The molecule has 0 atom stereocenters. The molecule has 0 saturated carbocycles. The smallest absolute Gasteiger partial charge is 0.163 e. The van der Waals surface area contributed by atoms with Crippen LogP contribution >= 0.6 is 0 Å². The van der Waals surface area contributed by atoms with E-state index in [1.807, 2.05) is 0 Å². The van der Waals surface area contributed by atoms with Crippen LogP contribution < -0.4 is 0 Å². The molecule has 0 fully saturated rings. The van der Waals surface area contributed by atoms with Crippen LogP contribution in [0.3, 0.4) is 0 Å². The molecule has 6 aromatic rings. The van der Waals surface area contributed by atoms with Gasteiger partial charge in [0.1, 0.15) is 11.6 Å². The fourth-order valence-electron chi connectivity index (χ4n) is 4.61. The molecule has 0 aliphatic rings. The Hall–Kier alpha value is -5.10. The van der Waals surface area contributed by atoms with Gasteiger partial charge in [0.05, 0.1) is 0 Å². The average Bonchev–Trinajstić information content (AvgIpc) is 3.01. The molecule has 0 N–H and O–H groups in total. The summed E-state index contributed by atoms with van der Waals surface area (Å²) in [6, 6.07) is 33.1. The SMILES string of the molecule is Cc1ccc(-c2nc(CCc3nc(-c4ccc(C)cc4)nc(-c4ccc(C)cc4)n3)nc(-c3ccc(C)cc3)n2)cc1. The molecule has 4 aromatic carbocycles. The molecule has 0 radical (unpaired) electrons. The second kappa shape index (κ2) is 11.8. The standard InChI is InChI=1S/C36H32N6/c1-23-5-13-27(14-6-23)33-37-31(38-34(41-33)28-15-7-24(2)8-16-28)21-22-32-39-35(29-17-9-25(3)10-18-29)42-36(40-32)30-19-11-26(4)12-20-30/h5-20H,21-22H2,1-4H3. The number of aromatic nitrogens is 6. The summed E-state index contributed by atoms with van der Waals surface area (Å²) in [5.74, 6) is 4.04. The fraction of sp³-hybridized carbons (Fsp3) is 0.167. The predicted octanol–water partition coefficient (Wildman–Crippen LogP) is 7.74. The van der Waals surface area contributed by atoms with Crippen LogP contribution in [0.4, 0.5) is 0 Å². The lowest BCUT2D eigenvalue weighted by molar-refractivity contribution is 0.791. The molecule has 0 bridgehead atoms. The van der Waals surface area contributed by atoms with Gasteiger partial charge < -0.3 is 0 Å². The summed E-state index contributed by atoms with van der Waals surface area (Å²) in [7, 11) is 0. The minimum Gasteiger partial charge on any atom is -0.213 e. The molecule has 6 heteroatoms. The first-order valence-electron chi connectivity index (χ1n) is 14.2. The quantitative estimate of drug-likeness (QED) is 0.203. The molecule has 0 amide bonds. The summed E-state index contributed by atoms with van der Waals surface area (Å²) in [6.45, 7) is 8.30. The molecule has 2 aromatic heterocycles. The van der Waals surface area contributed by atoms with Gasteiger partial charge in [-0.25, -0.2) is 29.9 Å². The Morgan fingerprint density at radius 2 is 0.524 bits per heavy atom. The van der Waals surface area contributed by atoms with E-state index in [0.717, 1.165) is 22.3 Å². The highest BCUT2D eigenvalue weighted by Gasteiger charge is 2.14. The molecule has 0 aliphatic carbocycles. The van der Waals surface area contributed by atoms with Crippen LogP contribution in [0.5, 0.6) is 0 Å². The van der Waals surface area contributed by atoms with Crippen molar-refractivity contribution in [3.05, 3.63) is 131 Å². The molecule has 0 aliphatic heterocycles. The van der Waals surface area contributed by atoms with Gasteiger partial charge in [-0.15, -0.1) is 0 Å². The number of aryl methyl sites for hydroxylation is 6. The van der Waals surface area contributed by atoms with E-state index >= 15 is 0 Å². The highest BCUT2D eigenvalue weighted by Crippen LogP contribution is 2.24. The van der Waals surface area contributed by atoms with Crippen molar-refractivity contribution >= 4 is 0 Å². The van der Waals surface area contributed by atoms with Gasteiger partial charge in [-0.2, -0.15) is 0 Å². The summed E-state index contributed by atoms with van der Waals surface area (Å²) >= 11 is 0. The third-order valence-corrected chi connectivity index (χ3v) is 7.17. The Bertz CT molecular complexity index is 1560. The van der Waals surface area contributed by atoms with Crippen LogP contribution in [0, 0.1) is 27.7 Å². The Balaban J connectivity index is 1.37. The topological polar surface area (TPSA) is 77.3 Å². The summed E-state index contributed by atoms with van der Waals surface area (Å²) in [4.78, 5) is 29.2. The van der Waals surface area contributed by atoms with Gasteiger partial charge in [-0.05, 0) is 27.7 Å². The monoisotopic (exact) mass is 548 g/mol. The van der Waals surface area contributed by atoms with Crippen LogP contribution in [-0.4, -0.2) is 29.9 Å². The van der Waals surface area contributed by atoms with E-state index in [1.54, 1.807) is 0 Å².